The van der Waals surface area contributed by atoms with Crippen LogP contribution in [-0.4, -0.2) is 37.1 Å². The Morgan fingerprint density at radius 2 is 2.33 bits per heavy atom. The third-order valence-corrected chi connectivity index (χ3v) is 3.33. The van der Waals surface area contributed by atoms with Gasteiger partial charge in [-0.15, -0.1) is 6.58 Å². The van der Waals surface area contributed by atoms with E-state index in [1.807, 2.05) is 6.08 Å². The summed E-state index contributed by atoms with van der Waals surface area (Å²) >= 11 is 0. The average Bonchev–Trinajstić information content (AvgIpc) is 2.65. The van der Waals surface area contributed by atoms with Crippen LogP contribution in [0.5, 0.6) is 0 Å². The number of hydrogen-bond donors (Lipinski definition) is 1. The monoisotopic (exact) mass is 214 g/mol. The second-order valence-corrected chi connectivity index (χ2v) is 4.75. The van der Waals surface area contributed by atoms with Crippen LogP contribution in [0.15, 0.2) is 12.7 Å². The fourth-order valence-electron chi connectivity index (χ4n) is 2.28. The lowest BCUT2D eigenvalue weighted by molar-refractivity contribution is 0.276. The first-order valence-corrected chi connectivity index (χ1v) is 6.32. The van der Waals surface area contributed by atoms with Gasteiger partial charge in [0.25, 0.3) is 0 Å². The molecule has 0 bridgehead atoms. The van der Waals surface area contributed by atoms with Crippen molar-refractivity contribution in [2.24, 2.45) is 5.92 Å². The van der Waals surface area contributed by atoms with Crippen molar-refractivity contribution in [3.63, 3.8) is 0 Å². The van der Waals surface area contributed by atoms with Crippen molar-refractivity contribution in [2.75, 3.05) is 26.2 Å². The standard InChI is InChI=1S/C13H26N2.2H2/c1-4-6-8-15(5-2)9-7-13-10-12(3)11-14-13;;/h4,12-14H,1,5-11H2,2-3H3;2*1H. The van der Waals surface area contributed by atoms with E-state index in [1.54, 1.807) is 0 Å². The molecule has 0 radical (unpaired) electrons. The molecule has 2 heteroatoms. The normalized spacial score (nSPS) is 26.1. The summed E-state index contributed by atoms with van der Waals surface area (Å²) in [5.41, 5.74) is 0. The molecule has 1 aliphatic heterocycles. The quantitative estimate of drug-likeness (QED) is 0.656. The van der Waals surface area contributed by atoms with Gasteiger partial charge in [-0.2, -0.15) is 0 Å². The van der Waals surface area contributed by atoms with Crippen LogP contribution in [0.1, 0.15) is 36.0 Å². The predicted octanol–water partition coefficient (Wildman–Crippen LogP) is 2.76. The van der Waals surface area contributed by atoms with Gasteiger partial charge in [0.2, 0.25) is 0 Å². The lowest BCUT2D eigenvalue weighted by Crippen LogP contribution is -2.31. The molecule has 1 heterocycles. The van der Waals surface area contributed by atoms with Crippen LogP contribution >= 0.6 is 0 Å². The van der Waals surface area contributed by atoms with Crippen molar-refractivity contribution >= 4 is 0 Å². The van der Waals surface area contributed by atoms with E-state index in [2.05, 4.69) is 30.6 Å². The predicted molar refractivity (Wildman–Crippen MR) is 71.3 cm³/mol. The molecular weight excluding hydrogens is 184 g/mol. The second-order valence-electron chi connectivity index (χ2n) is 4.75. The van der Waals surface area contributed by atoms with Gasteiger partial charge in [-0.3, -0.25) is 0 Å². The largest absolute Gasteiger partial charge is 0.314 e. The maximum Gasteiger partial charge on any atom is 0.00823 e. The molecule has 1 rings (SSSR count). The first-order valence-electron chi connectivity index (χ1n) is 6.32. The molecule has 1 N–H and O–H groups in total. The van der Waals surface area contributed by atoms with Crippen LogP contribution in [0, 0.1) is 5.92 Å². The summed E-state index contributed by atoms with van der Waals surface area (Å²) in [5, 5.41) is 3.60. The van der Waals surface area contributed by atoms with Gasteiger partial charge in [0.1, 0.15) is 0 Å². The van der Waals surface area contributed by atoms with Crippen molar-refractivity contribution in [2.45, 2.75) is 39.2 Å². The highest BCUT2D eigenvalue weighted by Gasteiger charge is 2.20. The van der Waals surface area contributed by atoms with Crippen LogP contribution in [0.3, 0.4) is 0 Å². The summed E-state index contributed by atoms with van der Waals surface area (Å²) in [6, 6.07) is 0.762. The van der Waals surface area contributed by atoms with Crippen LogP contribution in [-0.2, 0) is 0 Å². The van der Waals surface area contributed by atoms with E-state index in [-0.39, 0.29) is 2.85 Å². The average molecular weight is 214 g/mol. The van der Waals surface area contributed by atoms with Crippen molar-refractivity contribution in [3.8, 4) is 0 Å². The fraction of sp³-hybridized carbons (Fsp3) is 0.846. The topological polar surface area (TPSA) is 15.3 Å². The number of hydrogen-bond acceptors (Lipinski definition) is 2. The Hall–Kier alpha value is -0.340. The van der Waals surface area contributed by atoms with E-state index in [0.29, 0.717) is 0 Å². The lowest BCUT2D eigenvalue weighted by Gasteiger charge is -2.21. The highest BCUT2D eigenvalue weighted by Crippen LogP contribution is 2.15. The van der Waals surface area contributed by atoms with Crippen LogP contribution in [0.2, 0.25) is 0 Å². The van der Waals surface area contributed by atoms with Crippen molar-refractivity contribution < 1.29 is 2.85 Å². The van der Waals surface area contributed by atoms with Gasteiger partial charge in [0.05, 0.1) is 0 Å². The van der Waals surface area contributed by atoms with Crippen molar-refractivity contribution in [3.05, 3.63) is 12.7 Å². The van der Waals surface area contributed by atoms with Gasteiger partial charge in [0, 0.05) is 15.4 Å². The smallest absolute Gasteiger partial charge is 0.00823 e. The van der Waals surface area contributed by atoms with E-state index < -0.39 is 0 Å². The minimum atomic E-state index is 0. The Kier molecular flexibility index (Phi) is 5.96. The maximum atomic E-state index is 3.78. The number of rotatable bonds is 7. The Balaban J connectivity index is 0. The van der Waals surface area contributed by atoms with E-state index in [9.17, 15) is 0 Å². The first-order chi connectivity index (χ1) is 7.26. The Morgan fingerprint density at radius 1 is 1.53 bits per heavy atom. The zero-order valence-electron chi connectivity index (χ0n) is 10.3. The molecule has 15 heavy (non-hydrogen) atoms. The summed E-state index contributed by atoms with van der Waals surface area (Å²) < 4.78 is 0. The Morgan fingerprint density at radius 3 is 2.87 bits per heavy atom. The third kappa shape index (κ3) is 4.80. The SMILES string of the molecule is C=CCCN(CC)CCC1CC(C)CN1.[HH].[HH]. The Bertz CT molecular complexity index is 188. The first kappa shape index (κ1) is 12.7. The van der Waals surface area contributed by atoms with Crippen LogP contribution < -0.4 is 5.32 Å². The molecule has 2 nitrogen and oxygen atoms in total. The van der Waals surface area contributed by atoms with Gasteiger partial charge in [-0.05, 0) is 44.8 Å². The molecule has 0 amide bonds. The van der Waals surface area contributed by atoms with Gasteiger partial charge >= 0.3 is 0 Å². The summed E-state index contributed by atoms with van der Waals surface area (Å²) in [6.07, 6.45) is 5.79. The summed E-state index contributed by atoms with van der Waals surface area (Å²) in [7, 11) is 0. The van der Waals surface area contributed by atoms with E-state index >= 15 is 0 Å². The molecule has 0 aliphatic carbocycles. The molecule has 1 aliphatic rings. The molecule has 0 spiro atoms. The summed E-state index contributed by atoms with van der Waals surface area (Å²) in [6.45, 7) is 13.1. The molecule has 2 unspecified atom stereocenters. The number of nitrogens with one attached hydrogen (secondary N) is 1. The summed E-state index contributed by atoms with van der Waals surface area (Å²) in [5.74, 6) is 0.873. The zero-order chi connectivity index (χ0) is 11.1. The Labute approximate surface area is 97.7 Å². The van der Waals surface area contributed by atoms with Gasteiger partial charge in [0.15, 0.2) is 0 Å². The minimum absolute atomic E-state index is 0. The third-order valence-electron chi connectivity index (χ3n) is 3.33. The van der Waals surface area contributed by atoms with Crippen LogP contribution in [0.4, 0.5) is 0 Å². The van der Waals surface area contributed by atoms with Gasteiger partial charge < -0.3 is 10.2 Å². The lowest BCUT2D eigenvalue weighted by atomic mass is 10.1. The number of nitrogens with zero attached hydrogens (tertiary/aromatic N) is 1. The van der Waals surface area contributed by atoms with E-state index in [4.69, 9.17) is 0 Å². The highest BCUT2D eigenvalue weighted by atomic mass is 15.1. The van der Waals surface area contributed by atoms with Gasteiger partial charge in [-0.1, -0.05) is 19.9 Å². The van der Waals surface area contributed by atoms with Crippen molar-refractivity contribution in [1.82, 2.24) is 10.2 Å². The molecule has 1 fully saturated rings. The van der Waals surface area contributed by atoms with Gasteiger partial charge in [-0.25, -0.2) is 0 Å². The maximum absolute atomic E-state index is 3.78. The fourth-order valence-corrected chi connectivity index (χ4v) is 2.28. The molecule has 1 saturated heterocycles. The van der Waals surface area contributed by atoms with Crippen molar-refractivity contribution in [1.29, 1.82) is 0 Å². The zero-order valence-corrected chi connectivity index (χ0v) is 10.3. The second kappa shape index (κ2) is 7.02. The molecule has 0 aromatic heterocycles. The molecule has 0 aromatic rings. The molecule has 0 aromatic carbocycles. The molecular formula is C13H30N2. The van der Waals surface area contributed by atoms with E-state index in [1.165, 1.54) is 32.5 Å². The van der Waals surface area contributed by atoms with Crippen LogP contribution in [0.25, 0.3) is 0 Å². The minimum Gasteiger partial charge on any atom is -0.314 e. The highest BCUT2D eigenvalue weighted by molar-refractivity contribution is 4.80. The summed E-state index contributed by atoms with van der Waals surface area (Å²) in [4.78, 5) is 2.52. The van der Waals surface area contributed by atoms with E-state index in [0.717, 1.165) is 24.9 Å². The molecule has 92 valence electrons. The molecule has 0 saturated carbocycles. The molecule has 2 atom stereocenters.